The predicted octanol–water partition coefficient (Wildman–Crippen LogP) is 1.03. The molecule has 3 N–H and O–H groups in total. The third-order valence-corrected chi connectivity index (χ3v) is 3.60. The summed E-state index contributed by atoms with van der Waals surface area (Å²) in [5, 5.41) is 3.04. The van der Waals surface area contributed by atoms with Gasteiger partial charge in [-0.05, 0) is 51.4 Å². The maximum atomic E-state index is 11.9. The van der Waals surface area contributed by atoms with E-state index in [9.17, 15) is 4.79 Å². The van der Waals surface area contributed by atoms with Gasteiger partial charge in [0.2, 0.25) is 5.91 Å². The van der Waals surface area contributed by atoms with E-state index in [4.69, 9.17) is 5.73 Å². The van der Waals surface area contributed by atoms with Crippen LogP contribution in [0.25, 0.3) is 0 Å². The van der Waals surface area contributed by atoms with Crippen LogP contribution in [0.15, 0.2) is 0 Å². The van der Waals surface area contributed by atoms with Gasteiger partial charge in [0.1, 0.15) is 0 Å². The van der Waals surface area contributed by atoms with Crippen LogP contribution >= 0.6 is 0 Å². The molecule has 0 aliphatic heterocycles. The van der Waals surface area contributed by atoms with Gasteiger partial charge in [-0.1, -0.05) is 0 Å². The lowest BCUT2D eigenvalue weighted by atomic mass is 9.95. The molecule has 0 heterocycles. The minimum atomic E-state index is -0.636. The number of amides is 1. The molecule has 80 valence electrons. The molecule has 0 spiro atoms. The Labute approximate surface area is 85.4 Å². The van der Waals surface area contributed by atoms with E-state index in [1.165, 1.54) is 12.8 Å². The molecule has 2 rings (SSSR count). The van der Waals surface area contributed by atoms with E-state index in [-0.39, 0.29) is 5.91 Å². The second kappa shape index (κ2) is 3.23. The first-order chi connectivity index (χ1) is 6.51. The number of nitrogens with one attached hydrogen (secondary N) is 1. The van der Waals surface area contributed by atoms with Crippen molar-refractivity contribution in [2.75, 3.05) is 0 Å². The fourth-order valence-corrected chi connectivity index (χ4v) is 1.94. The predicted molar refractivity (Wildman–Crippen MR) is 55.6 cm³/mol. The Morgan fingerprint density at radius 3 is 2.43 bits per heavy atom. The summed E-state index contributed by atoms with van der Waals surface area (Å²) in [6, 6.07) is 0.309. The molecule has 3 heteroatoms. The molecule has 0 radical (unpaired) electrons. The molecule has 0 saturated heterocycles. The molecule has 1 amide bonds. The molecule has 14 heavy (non-hydrogen) atoms. The zero-order valence-electron chi connectivity index (χ0n) is 9.05. The van der Waals surface area contributed by atoms with Crippen LogP contribution in [-0.2, 0) is 4.79 Å². The van der Waals surface area contributed by atoms with Crippen molar-refractivity contribution in [2.24, 2.45) is 17.6 Å². The fourth-order valence-electron chi connectivity index (χ4n) is 1.94. The lowest BCUT2D eigenvalue weighted by Gasteiger charge is -2.25. The third kappa shape index (κ3) is 1.92. The van der Waals surface area contributed by atoms with Crippen LogP contribution in [0.4, 0.5) is 0 Å². The molecule has 0 bridgehead atoms. The quantitative estimate of drug-likeness (QED) is 0.705. The highest BCUT2D eigenvalue weighted by atomic mass is 16.2. The van der Waals surface area contributed by atoms with Crippen LogP contribution < -0.4 is 11.1 Å². The van der Waals surface area contributed by atoms with Crippen LogP contribution in [0.1, 0.15) is 39.5 Å². The molecule has 2 aliphatic rings. The first kappa shape index (κ1) is 9.97. The highest BCUT2D eigenvalue weighted by Crippen LogP contribution is 2.38. The minimum absolute atomic E-state index is 0.0411. The fraction of sp³-hybridized carbons (Fsp3) is 0.909. The van der Waals surface area contributed by atoms with Gasteiger partial charge in [-0.2, -0.15) is 0 Å². The molecule has 0 aromatic rings. The maximum Gasteiger partial charge on any atom is 0.240 e. The smallest absolute Gasteiger partial charge is 0.240 e. The van der Waals surface area contributed by atoms with Gasteiger partial charge in [0.25, 0.3) is 0 Å². The lowest BCUT2D eigenvalue weighted by Crippen LogP contribution is -2.55. The third-order valence-electron chi connectivity index (χ3n) is 3.60. The molecule has 2 atom stereocenters. The van der Waals surface area contributed by atoms with Crippen LogP contribution in [0.3, 0.4) is 0 Å². The van der Waals surface area contributed by atoms with Crippen molar-refractivity contribution in [3.05, 3.63) is 0 Å². The Morgan fingerprint density at radius 2 is 2.00 bits per heavy atom. The summed E-state index contributed by atoms with van der Waals surface area (Å²) in [6.07, 6.45) is 4.73. The monoisotopic (exact) mass is 196 g/mol. The van der Waals surface area contributed by atoms with Crippen LogP contribution in [0, 0.1) is 11.8 Å². The summed E-state index contributed by atoms with van der Waals surface area (Å²) in [5.41, 5.74) is 5.39. The van der Waals surface area contributed by atoms with Gasteiger partial charge in [0.15, 0.2) is 0 Å². The van der Waals surface area contributed by atoms with Crippen molar-refractivity contribution in [1.82, 2.24) is 5.32 Å². The molecule has 2 saturated carbocycles. The SMILES string of the molecule is CC(NC(=O)C(C)(N)C1CC1)C1CC1. The zero-order chi connectivity index (χ0) is 10.3. The van der Waals surface area contributed by atoms with Gasteiger partial charge in [0, 0.05) is 6.04 Å². The Hall–Kier alpha value is -0.570. The van der Waals surface area contributed by atoms with E-state index in [2.05, 4.69) is 12.2 Å². The molecule has 2 aliphatic carbocycles. The van der Waals surface area contributed by atoms with Gasteiger partial charge < -0.3 is 11.1 Å². The zero-order valence-corrected chi connectivity index (χ0v) is 9.05. The van der Waals surface area contributed by atoms with Crippen molar-refractivity contribution in [1.29, 1.82) is 0 Å². The van der Waals surface area contributed by atoms with Gasteiger partial charge in [-0.3, -0.25) is 4.79 Å². The number of nitrogens with two attached hydrogens (primary N) is 1. The van der Waals surface area contributed by atoms with Crippen molar-refractivity contribution >= 4 is 5.91 Å². The topological polar surface area (TPSA) is 55.1 Å². The summed E-state index contributed by atoms with van der Waals surface area (Å²) in [7, 11) is 0. The first-order valence-electron chi connectivity index (χ1n) is 5.61. The molecule has 0 aromatic carbocycles. The Kier molecular flexibility index (Phi) is 2.30. The van der Waals surface area contributed by atoms with Crippen LogP contribution in [0.2, 0.25) is 0 Å². The number of carbonyl (C=O) groups excluding carboxylic acids is 1. The summed E-state index contributed by atoms with van der Waals surface area (Å²) in [4.78, 5) is 11.9. The average Bonchev–Trinajstić information content (AvgIpc) is 2.95. The Morgan fingerprint density at radius 1 is 1.43 bits per heavy atom. The van der Waals surface area contributed by atoms with Gasteiger partial charge >= 0.3 is 0 Å². The highest BCUT2D eigenvalue weighted by molar-refractivity contribution is 5.86. The normalized spacial score (nSPS) is 27.9. The average molecular weight is 196 g/mol. The lowest BCUT2D eigenvalue weighted by molar-refractivity contribution is -0.127. The van der Waals surface area contributed by atoms with E-state index in [1.54, 1.807) is 0 Å². The number of hydrogen-bond donors (Lipinski definition) is 2. The Bertz CT molecular complexity index is 242. The largest absolute Gasteiger partial charge is 0.352 e. The van der Waals surface area contributed by atoms with E-state index in [1.807, 2.05) is 6.92 Å². The number of rotatable bonds is 4. The van der Waals surface area contributed by atoms with Crippen molar-refractivity contribution in [2.45, 2.75) is 51.1 Å². The van der Waals surface area contributed by atoms with Crippen molar-refractivity contribution in [3.8, 4) is 0 Å². The Balaban J connectivity index is 1.86. The molecular formula is C11H20N2O. The van der Waals surface area contributed by atoms with E-state index < -0.39 is 5.54 Å². The van der Waals surface area contributed by atoms with Gasteiger partial charge in [-0.15, -0.1) is 0 Å². The van der Waals surface area contributed by atoms with E-state index in [0.717, 1.165) is 12.8 Å². The van der Waals surface area contributed by atoms with E-state index >= 15 is 0 Å². The number of hydrogen-bond acceptors (Lipinski definition) is 2. The van der Waals surface area contributed by atoms with Crippen molar-refractivity contribution < 1.29 is 4.79 Å². The summed E-state index contributed by atoms with van der Waals surface area (Å²) < 4.78 is 0. The van der Waals surface area contributed by atoms with Gasteiger partial charge in [-0.25, -0.2) is 0 Å². The standard InChI is InChI=1S/C11H20N2O/c1-7(8-3-4-8)13-10(14)11(2,12)9-5-6-9/h7-9H,3-6,12H2,1-2H3,(H,13,14). The summed E-state index contributed by atoms with van der Waals surface area (Å²) in [5.74, 6) is 1.15. The molecule has 3 nitrogen and oxygen atoms in total. The molecular weight excluding hydrogens is 176 g/mol. The highest BCUT2D eigenvalue weighted by Gasteiger charge is 2.45. The van der Waals surface area contributed by atoms with E-state index in [0.29, 0.717) is 17.9 Å². The maximum absolute atomic E-state index is 11.9. The van der Waals surface area contributed by atoms with Crippen LogP contribution in [-0.4, -0.2) is 17.5 Å². The number of carbonyl (C=O) groups is 1. The second-order valence-electron chi connectivity index (χ2n) is 5.16. The summed E-state index contributed by atoms with van der Waals surface area (Å²) >= 11 is 0. The molecule has 0 aromatic heterocycles. The van der Waals surface area contributed by atoms with Gasteiger partial charge in [0.05, 0.1) is 5.54 Å². The van der Waals surface area contributed by atoms with Crippen molar-refractivity contribution in [3.63, 3.8) is 0 Å². The molecule has 2 fully saturated rings. The summed E-state index contributed by atoms with van der Waals surface area (Å²) in [6.45, 7) is 3.94. The second-order valence-corrected chi connectivity index (χ2v) is 5.16. The first-order valence-corrected chi connectivity index (χ1v) is 5.61. The van der Waals surface area contributed by atoms with Crippen LogP contribution in [0.5, 0.6) is 0 Å². The minimum Gasteiger partial charge on any atom is -0.352 e. The molecule has 2 unspecified atom stereocenters.